The van der Waals surface area contributed by atoms with Crippen LogP contribution in [0.15, 0.2) is 72.8 Å². The second-order valence-electron chi connectivity index (χ2n) is 11.8. The fraction of sp³-hybridized carbons (Fsp3) is 0.194. The van der Waals surface area contributed by atoms with E-state index < -0.39 is 36.6 Å². The van der Waals surface area contributed by atoms with Crippen LogP contribution >= 0.6 is 0 Å². The quantitative estimate of drug-likeness (QED) is 0.0429. The number of hydrogen-bond donors (Lipinski definition) is 4. The molecule has 0 aliphatic carbocycles. The minimum atomic E-state index is -1.69. The van der Waals surface area contributed by atoms with Gasteiger partial charge in [-0.25, -0.2) is 9.69 Å². The van der Waals surface area contributed by atoms with Crippen molar-refractivity contribution in [2.24, 2.45) is 0 Å². The van der Waals surface area contributed by atoms with Crippen molar-refractivity contribution in [3.63, 3.8) is 0 Å². The molecule has 0 fully saturated rings. The van der Waals surface area contributed by atoms with Gasteiger partial charge >= 0.3 is 17.9 Å². The van der Waals surface area contributed by atoms with Gasteiger partial charge in [0.2, 0.25) is 0 Å². The molecule has 16 nitrogen and oxygen atoms in total. The lowest BCUT2D eigenvalue weighted by Crippen LogP contribution is -2.36. The first kappa shape index (κ1) is 35.2. The maximum absolute atomic E-state index is 13.6. The highest BCUT2D eigenvalue weighted by molar-refractivity contribution is 5.97. The first-order valence-corrected chi connectivity index (χ1v) is 15.6. The Morgan fingerprint density at radius 3 is 2.00 bits per heavy atom. The minimum absolute atomic E-state index is 0.00751. The number of rotatable bonds is 16. The fourth-order valence-corrected chi connectivity index (χ4v) is 6.34. The summed E-state index contributed by atoms with van der Waals surface area (Å²) in [7, 11) is 0. The van der Waals surface area contributed by atoms with E-state index in [2.05, 4.69) is 0 Å². The number of aliphatic carboxylic acids is 2. The molecule has 0 aromatic heterocycles. The van der Waals surface area contributed by atoms with E-state index in [0.29, 0.717) is 28.1 Å². The van der Waals surface area contributed by atoms with Crippen molar-refractivity contribution < 1.29 is 63.0 Å². The van der Waals surface area contributed by atoms with Crippen LogP contribution in [0, 0.1) is 0 Å². The Morgan fingerprint density at radius 2 is 1.37 bits per heavy atom. The Bertz CT molecular complexity index is 2020. The summed E-state index contributed by atoms with van der Waals surface area (Å²) < 4.78 is 29.0. The van der Waals surface area contributed by atoms with Crippen LogP contribution in [0.3, 0.4) is 0 Å². The number of ether oxygens (including phenoxy) is 5. The van der Waals surface area contributed by atoms with Crippen molar-refractivity contribution in [3.8, 4) is 28.7 Å². The van der Waals surface area contributed by atoms with Gasteiger partial charge in [0.15, 0.2) is 5.60 Å². The molecule has 5 N–H and O–H groups in total. The average molecular weight is 714 g/mol. The molecule has 16 heteroatoms. The Kier molecular flexibility index (Phi) is 9.93. The highest BCUT2D eigenvalue weighted by Crippen LogP contribution is 2.59. The number of aromatic hydroxyl groups is 1. The fourth-order valence-electron chi connectivity index (χ4n) is 6.34. The molecule has 1 spiro atoms. The topological polar surface area (TPSA) is 225 Å². The van der Waals surface area contributed by atoms with Gasteiger partial charge in [-0.2, -0.15) is 0 Å². The number of phenols is 1. The van der Waals surface area contributed by atoms with Gasteiger partial charge in [-0.15, -0.1) is 0 Å². The molecule has 0 radical (unpaired) electrons. The molecule has 1 unspecified atom stereocenters. The standard InChI is InChI=1S/C36H31N3O13/c37-21-5-7-22(8-6-21)50-30-12-10-28-34(25(30)14-38(15-31(43)44)16-32(45)46)51-33-24(13-39(17-48-19-40)18-49-20-41)29(42)11-9-27(33)36(28)26-4-2-1-3-23(26)35(47)52-36/h1-12,19-20,42H,13-18,37H2,(H,43,44)(H,45,46). The van der Waals surface area contributed by atoms with Gasteiger partial charge < -0.3 is 44.7 Å². The first-order valence-electron chi connectivity index (χ1n) is 15.6. The second-order valence-corrected chi connectivity index (χ2v) is 11.8. The molecule has 2 heterocycles. The van der Waals surface area contributed by atoms with E-state index in [9.17, 15) is 39.3 Å². The minimum Gasteiger partial charge on any atom is -0.507 e. The summed E-state index contributed by atoms with van der Waals surface area (Å²) in [6, 6.07) is 19.2. The van der Waals surface area contributed by atoms with E-state index in [-0.39, 0.29) is 79.2 Å². The summed E-state index contributed by atoms with van der Waals surface area (Å²) in [6.45, 7) is -2.24. The van der Waals surface area contributed by atoms with Crippen molar-refractivity contribution in [2.45, 2.75) is 18.7 Å². The molecule has 2 aliphatic rings. The number of nitrogen functional groups attached to an aromatic ring is 1. The Labute approximate surface area is 295 Å². The zero-order valence-corrected chi connectivity index (χ0v) is 27.2. The van der Waals surface area contributed by atoms with E-state index in [1.807, 2.05) is 0 Å². The Morgan fingerprint density at radius 1 is 0.769 bits per heavy atom. The van der Waals surface area contributed by atoms with Gasteiger partial charge in [0.25, 0.3) is 12.9 Å². The molecular weight excluding hydrogens is 682 g/mol. The molecule has 1 atom stereocenters. The molecule has 52 heavy (non-hydrogen) atoms. The summed E-state index contributed by atoms with van der Waals surface area (Å²) in [6.07, 6.45) is 0. The SMILES string of the molecule is Nc1ccc(Oc2ccc3c(c2CN(CC(=O)O)CC(=O)O)Oc2c(ccc(O)c2CN(COC=O)COC=O)C32OC(=O)c3ccccc32)cc1. The normalized spacial score (nSPS) is 15.2. The number of phenolic OH excluding ortho intramolecular Hbond substituents is 1. The number of carboxylic acid groups (broad SMARTS) is 2. The summed E-state index contributed by atoms with van der Waals surface area (Å²) in [5, 5.41) is 30.7. The van der Waals surface area contributed by atoms with Crippen molar-refractivity contribution in [1.82, 2.24) is 9.80 Å². The zero-order chi connectivity index (χ0) is 37.0. The molecule has 268 valence electrons. The number of esters is 1. The van der Waals surface area contributed by atoms with E-state index in [1.54, 1.807) is 60.7 Å². The van der Waals surface area contributed by atoms with Crippen molar-refractivity contribution in [1.29, 1.82) is 0 Å². The number of carbonyl (C=O) groups is 5. The van der Waals surface area contributed by atoms with Gasteiger partial charge in [-0.05, 0) is 54.6 Å². The molecule has 2 aliphatic heterocycles. The van der Waals surface area contributed by atoms with Gasteiger partial charge in [-0.1, -0.05) is 18.2 Å². The third-order valence-corrected chi connectivity index (χ3v) is 8.43. The van der Waals surface area contributed by atoms with Gasteiger partial charge in [0, 0.05) is 35.5 Å². The van der Waals surface area contributed by atoms with Crippen LogP contribution < -0.4 is 15.2 Å². The zero-order valence-electron chi connectivity index (χ0n) is 27.2. The predicted molar refractivity (Wildman–Crippen MR) is 177 cm³/mol. The lowest BCUT2D eigenvalue weighted by Gasteiger charge is -2.39. The third kappa shape index (κ3) is 6.75. The van der Waals surface area contributed by atoms with Crippen LogP contribution in [0.5, 0.6) is 28.7 Å². The molecule has 4 aromatic carbocycles. The van der Waals surface area contributed by atoms with Crippen LogP contribution in [0.2, 0.25) is 0 Å². The molecule has 4 aromatic rings. The van der Waals surface area contributed by atoms with Crippen LogP contribution in [-0.2, 0) is 52.1 Å². The number of nitrogens with two attached hydrogens (primary N) is 1. The predicted octanol–water partition coefficient (Wildman–Crippen LogP) is 3.37. The second kappa shape index (κ2) is 14.7. The largest absolute Gasteiger partial charge is 0.507 e. The Hall–Kier alpha value is -6.65. The lowest BCUT2D eigenvalue weighted by atomic mass is 9.76. The van der Waals surface area contributed by atoms with Gasteiger partial charge in [0.1, 0.15) is 42.2 Å². The van der Waals surface area contributed by atoms with Crippen LogP contribution in [0.25, 0.3) is 0 Å². The number of hydrogen-bond acceptors (Lipinski definition) is 14. The van der Waals surface area contributed by atoms with Crippen molar-refractivity contribution >= 4 is 36.5 Å². The van der Waals surface area contributed by atoms with Gasteiger partial charge in [0.05, 0.1) is 29.8 Å². The van der Waals surface area contributed by atoms with E-state index >= 15 is 0 Å². The first-order chi connectivity index (χ1) is 25.0. The summed E-state index contributed by atoms with van der Waals surface area (Å²) in [4.78, 5) is 62.0. The summed E-state index contributed by atoms with van der Waals surface area (Å²) in [5.41, 5.74) is 6.20. The average Bonchev–Trinajstić information content (AvgIpc) is 3.40. The number of carbonyl (C=O) groups excluding carboxylic acids is 3. The van der Waals surface area contributed by atoms with E-state index in [1.165, 1.54) is 17.0 Å². The number of nitrogens with zero attached hydrogens (tertiary/aromatic N) is 2. The molecule has 6 rings (SSSR count). The van der Waals surface area contributed by atoms with Crippen LogP contribution in [0.1, 0.15) is 38.2 Å². The molecule has 0 amide bonds. The number of carboxylic acids is 2. The van der Waals surface area contributed by atoms with E-state index in [4.69, 9.17) is 29.4 Å². The van der Waals surface area contributed by atoms with Crippen molar-refractivity contribution in [3.05, 3.63) is 106 Å². The number of fused-ring (bicyclic) bond motifs is 6. The summed E-state index contributed by atoms with van der Waals surface area (Å²) >= 11 is 0. The van der Waals surface area contributed by atoms with E-state index in [0.717, 1.165) is 4.90 Å². The summed E-state index contributed by atoms with van der Waals surface area (Å²) in [5.74, 6) is -3.03. The number of anilines is 1. The molecule has 0 bridgehead atoms. The Balaban J connectivity index is 1.61. The van der Waals surface area contributed by atoms with Crippen molar-refractivity contribution in [2.75, 3.05) is 32.3 Å². The maximum Gasteiger partial charge on any atom is 0.340 e. The smallest absolute Gasteiger partial charge is 0.340 e. The van der Waals surface area contributed by atoms with Crippen LogP contribution in [-0.4, -0.2) is 82.5 Å². The highest BCUT2D eigenvalue weighted by Gasteiger charge is 2.55. The highest BCUT2D eigenvalue weighted by atomic mass is 16.6. The monoisotopic (exact) mass is 713 g/mol. The molecule has 0 saturated carbocycles. The lowest BCUT2D eigenvalue weighted by molar-refractivity contribution is -0.143. The van der Waals surface area contributed by atoms with Gasteiger partial charge in [-0.3, -0.25) is 24.1 Å². The van der Waals surface area contributed by atoms with Crippen LogP contribution in [0.4, 0.5) is 5.69 Å². The third-order valence-electron chi connectivity index (χ3n) is 8.43. The molecule has 0 saturated heterocycles. The maximum atomic E-state index is 13.6. The molecular formula is C36H31N3O13. The number of benzene rings is 4.